The number of benzene rings is 1. The first-order valence-corrected chi connectivity index (χ1v) is 12.1. The zero-order valence-corrected chi connectivity index (χ0v) is 18.4. The van der Waals surface area contributed by atoms with Crippen LogP contribution in [0.3, 0.4) is 0 Å². The molecule has 10 heteroatoms. The second-order valence-electron chi connectivity index (χ2n) is 8.76. The Kier molecular flexibility index (Phi) is 5.78. The van der Waals surface area contributed by atoms with Crippen LogP contribution in [0, 0.1) is 11.8 Å². The van der Waals surface area contributed by atoms with Gasteiger partial charge in [0.05, 0.1) is 4.90 Å². The highest BCUT2D eigenvalue weighted by atomic mass is 32.2. The Bertz CT molecular complexity index is 971. The molecule has 1 unspecified atom stereocenters. The van der Waals surface area contributed by atoms with E-state index in [9.17, 15) is 22.8 Å². The molecule has 1 saturated carbocycles. The van der Waals surface area contributed by atoms with Gasteiger partial charge in [0, 0.05) is 19.6 Å². The van der Waals surface area contributed by atoms with E-state index in [4.69, 9.17) is 0 Å². The van der Waals surface area contributed by atoms with Gasteiger partial charge in [-0.15, -0.1) is 0 Å². The van der Waals surface area contributed by atoms with E-state index in [0.717, 1.165) is 17.7 Å². The summed E-state index contributed by atoms with van der Waals surface area (Å²) in [7, 11) is -3.50. The van der Waals surface area contributed by atoms with E-state index < -0.39 is 21.6 Å². The van der Waals surface area contributed by atoms with Crippen LogP contribution in [0.4, 0.5) is 4.79 Å². The van der Waals surface area contributed by atoms with Crippen molar-refractivity contribution in [1.29, 1.82) is 0 Å². The van der Waals surface area contributed by atoms with Gasteiger partial charge < -0.3 is 10.6 Å². The number of piperidine rings is 1. The molecule has 31 heavy (non-hydrogen) atoms. The van der Waals surface area contributed by atoms with Gasteiger partial charge in [-0.2, -0.15) is 4.31 Å². The van der Waals surface area contributed by atoms with Gasteiger partial charge >= 0.3 is 6.03 Å². The van der Waals surface area contributed by atoms with Crippen LogP contribution < -0.4 is 10.6 Å². The quantitative estimate of drug-likeness (QED) is 0.602. The standard InChI is InChI=1S/C21H28N4O5S/c1-21(16-7-8-16)19(27)25(20(28)23-21)14-18(26)22-13-15-9-11-24(12-10-15)31(29,30)17-5-3-2-4-6-17/h2-6,15-16H,7-14H2,1H3,(H,22,26)(H,23,28). The van der Waals surface area contributed by atoms with E-state index in [1.54, 1.807) is 37.3 Å². The van der Waals surface area contributed by atoms with Gasteiger partial charge in [0.15, 0.2) is 0 Å². The van der Waals surface area contributed by atoms with Crippen LogP contribution in [0.5, 0.6) is 0 Å². The Hall–Kier alpha value is -2.46. The Labute approximate surface area is 182 Å². The molecule has 0 spiro atoms. The number of carbonyl (C=O) groups is 3. The van der Waals surface area contributed by atoms with E-state index >= 15 is 0 Å². The minimum Gasteiger partial charge on any atom is -0.354 e. The lowest BCUT2D eigenvalue weighted by atomic mass is 9.96. The summed E-state index contributed by atoms with van der Waals surface area (Å²) >= 11 is 0. The van der Waals surface area contributed by atoms with Crippen molar-refractivity contribution >= 4 is 27.9 Å². The van der Waals surface area contributed by atoms with Crippen molar-refractivity contribution in [2.45, 2.75) is 43.0 Å². The summed E-state index contributed by atoms with van der Waals surface area (Å²) in [4.78, 5) is 38.4. The largest absolute Gasteiger partial charge is 0.354 e. The molecular formula is C21H28N4O5S. The normalized spacial score (nSPS) is 25.5. The lowest BCUT2D eigenvalue weighted by Crippen LogP contribution is -2.47. The molecular weight excluding hydrogens is 420 g/mol. The monoisotopic (exact) mass is 448 g/mol. The summed E-state index contributed by atoms with van der Waals surface area (Å²) in [6.07, 6.45) is 3.08. The Morgan fingerprint density at radius 3 is 2.39 bits per heavy atom. The molecule has 4 amide bonds. The van der Waals surface area contributed by atoms with Crippen molar-refractivity contribution < 1.29 is 22.8 Å². The van der Waals surface area contributed by atoms with Crippen molar-refractivity contribution in [2.24, 2.45) is 11.8 Å². The van der Waals surface area contributed by atoms with E-state index in [1.165, 1.54) is 4.31 Å². The predicted octanol–water partition coefficient (Wildman–Crippen LogP) is 0.924. The molecule has 0 aromatic heterocycles. The predicted molar refractivity (Wildman–Crippen MR) is 112 cm³/mol. The Morgan fingerprint density at radius 1 is 1.13 bits per heavy atom. The number of nitrogens with one attached hydrogen (secondary N) is 2. The maximum absolute atomic E-state index is 12.7. The molecule has 1 atom stereocenters. The van der Waals surface area contributed by atoms with E-state index in [1.807, 2.05) is 0 Å². The first-order chi connectivity index (χ1) is 14.7. The lowest BCUT2D eigenvalue weighted by molar-refractivity contribution is -0.135. The number of hydrogen-bond donors (Lipinski definition) is 2. The van der Waals surface area contributed by atoms with E-state index in [0.29, 0.717) is 32.5 Å². The molecule has 2 N–H and O–H groups in total. The highest BCUT2D eigenvalue weighted by molar-refractivity contribution is 7.89. The maximum Gasteiger partial charge on any atom is 0.325 e. The minimum absolute atomic E-state index is 0.144. The second-order valence-corrected chi connectivity index (χ2v) is 10.7. The van der Waals surface area contributed by atoms with Gasteiger partial charge in [-0.25, -0.2) is 13.2 Å². The molecule has 4 rings (SSSR count). The number of nitrogens with zero attached hydrogens (tertiary/aromatic N) is 2. The topological polar surface area (TPSA) is 116 Å². The second kappa shape index (κ2) is 8.23. The minimum atomic E-state index is -3.50. The van der Waals surface area contributed by atoms with Crippen molar-refractivity contribution in [3.63, 3.8) is 0 Å². The van der Waals surface area contributed by atoms with Crippen LogP contribution in [0.15, 0.2) is 35.2 Å². The molecule has 2 aliphatic heterocycles. The molecule has 1 aromatic rings. The first-order valence-electron chi connectivity index (χ1n) is 10.7. The van der Waals surface area contributed by atoms with Crippen molar-refractivity contribution in [3.05, 3.63) is 30.3 Å². The summed E-state index contributed by atoms with van der Waals surface area (Å²) < 4.78 is 26.9. The lowest BCUT2D eigenvalue weighted by Gasteiger charge is -2.31. The van der Waals surface area contributed by atoms with Crippen molar-refractivity contribution in [1.82, 2.24) is 19.8 Å². The fourth-order valence-electron chi connectivity index (χ4n) is 4.35. The summed E-state index contributed by atoms with van der Waals surface area (Å²) in [5.74, 6) is -0.433. The highest BCUT2D eigenvalue weighted by Crippen LogP contribution is 2.42. The number of sulfonamides is 1. The van der Waals surface area contributed by atoms with Gasteiger partial charge in [0.25, 0.3) is 5.91 Å². The van der Waals surface area contributed by atoms with Crippen LogP contribution in [0.25, 0.3) is 0 Å². The Balaban J connectivity index is 1.24. The van der Waals surface area contributed by atoms with Gasteiger partial charge in [0.2, 0.25) is 15.9 Å². The number of rotatable bonds is 7. The van der Waals surface area contributed by atoms with Gasteiger partial charge in [-0.1, -0.05) is 18.2 Å². The number of urea groups is 1. The van der Waals surface area contributed by atoms with Crippen LogP contribution in [-0.4, -0.2) is 67.2 Å². The zero-order valence-electron chi connectivity index (χ0n) is 17.5. The summed E-state index contributed by atoms with van der Waals surface area (Å²) in [5, 5.41) is 5.53. The number of amides is 4. The van der Waals surface area contributed by atoms with Crippen molar-refractivity contribution in [3.8, 4) is 0 Å². The molecule has 168 valence electrons. The van der Waals surface area contributed by atoms with Gasteiger partial charge in [0.1, 0.15) is 12.1 Å². The maximum atomic E-state index is 12.7. The first kappa shape index (κ1) is 21.8. The van der Waals surface area contributed by atoms with Crippen molar-refractivity contribution in [2.75, 3.05) is 26.2 Å². The molecule has 0 radical (unpaired) electrons. The summed E-state index contributed by atoms with van der Waals surface area (Å²) in [6, 6.07) is 7.84. The summed E-state index contributed by atoms with van der Waals surface area (Å²) in [6.45, 7) is 2.60. The molecule has 3 aliphatic rings. The average Bonchev–Trinajstić information content (AvgIpc) is 3.59. The zero-order chi connectivity index (χ0) is 22.2. The third-order valence-electron chi connectivity index (χ3n) is 6.54. The van der Waals surface area contributed by atoms with Crippen LogP contribution >= 0.6 is 0 Å². The third kappa shape index (κ3) is 4.31. The van der Waals surface area contributed by atoms with Gasteiger partial charge in [-0.3, -0.25) is 14.5 Å². The molecule has 2 heterocycles. The molecule has 3 fully saturated rings. The smallest absolute Gasteiger partial charge is 0.325 e. The molecule has 2 saturated heterocycles. The molecule has 1 aromatic carbocycles. The molecule has 9 nitrogen and oxygen atoms in total. The molecule has 1 aliphatic carbocycles. The van der Waals surface area contributed by atoms with Crippen LogP contribution in [0.1, 0.15) is 32.6 Å². The SMILES string of the molecule is CC1(C2CC2)NC(=O)N(CC(=O)NCC2CCN(S(=O)(=O)c3ccccc3)CC2)C1=O. The highest BCUT2D eigenvalue weighted by Gasteiger charge is 2.56. The number of carbonyl (C=O) groups excluding carboxylic acids is 3. The summed E-state index contributed by atoms with van der Waals surface area (Å²) in [5.41, 5.74) is -0.894. The van der Waals surface area contributed by atoms with E-state index in [2.05, 4.69) is 10.6 Å². The number of imide groups is 1. The van der Waals surface area contributed by atoms with Gasteiger partial charge in [-0.05, 0) is 56.6 Å². The average molecular weight is 449 g/mol. The fourth-order valence-corrected chi connectivity index (χ4v) is 5.84. The third-order valence-corrected chi connectivity index (χ3v) is 8.45. The van der Waals surface area contributed by atoms with Crippen LogP contribution in [-0.2, 0) is 19.6 Å². The Morgan fingerprint density at radius 2 is 1.77 bits per heavy atom. The fraction of sp³-hybridized carbons (Fsp3) is 0.571. The van der Waals surface area contributed by atoms with E-state index in [-0.39, 0.29) is 35.1 Å². The molecule has 0 bridgehead atoms. The number of hydrogen-bond acceptors (Lipinski definition) is 5. The van der Waals surface area contributed by atoms with Crippen LogP contribution in [0.2, 0.25) is 0 Å².